The first kappa shape index (κ1) is 20.4. The molecule has 5 heteroatoms. The molecule has 1 N–H and O–H groups in total. The maximum Gasteiger partial charge on any atom is 0.294 e. The molecule has 0 saturated carbocycles. The van der Waals surface area contributed by atoms with Gasteiger partial charge >= 0.3 is 0 Å². The summed E-state index contributed by atoms with van der Waals surface area (Å²) >= 11 is 0. The highest BCUT2D eigenvalue weighted by Crippen LogP contribution is 2.42. The van der Waals surface area contributed by atoms with Crippen molar-refractivity contribution in [3.8, 4) is 5.75 Å². The average Bonchev–Trinajstić information content (AvgIpc) is 3.09. The third-order valence-corrected chi connectivity index (χ3v) is 5.44. The number of carbonyl (C=O) groups excluding carboxylic acids is 2. The number of Topliss-reactive ketones (excluding diaryl/α,β-unsaturated/α-hetero) is 1. The number of hydrogen-bond acceptors (Lipinski definition) is 4. The summed E-state index contributed by atoms with van der Waals surface area (Å²) in [7, 11) is 1.55. The highest BCUT2D eigenvalue weighted by Gasteiger charge is 2.44. The Morgan fingerprint density at radius 2 is 1.65 bits per heavy atom. The fourth-order valence-electron chi connectivity index (χ4n) is 3.90. The van der Waals surface area contributed by atoms with Crippen LogP contribution in [0.5, 0.6) is 5.75 Å². The monoisotopic (exact) mass is 413 g/mol. The lowest BCUT2D eigenvalue weighted by Gasteiger charge is -2.27. The van der Waals surface area contributed by atoms with E-state index in [0.717, 1.165) is 11.1 Å². The molecule has 1 heterocycles. The van der Waals surface area contributed by atoms with Crippen LogP contribution in [0.25, 0.3) is 0 Å². The summed E-state index contributed by atoms with van der Waals surface area (Å²) in [4.78, 5) is 27.8. The maximum absolute atomic E-state index is 13.2. The quantitative estimate of drug-likeness (QED) is 0.604. The van der Waals surface area contributed by atoms with Crippen LogP contribution >= 0.6 is 0 Å². The van der Waals surface area contributed by atoms with Crippen LogP contribution in [0.2, 0.25) is 0 Å². The number of carbonyl (C=O) groups is 2. The smallest absolute Gasteiger partial charge is 0.294 e. The second-order valence-electron chi connectivity index (χ2n) is 7.36. The Bertz CT molecular complexity index is 1120. The zero-order chi connectivity index (χ0) is 21.8. The molecule has 3 aromatic rings. The fraction of sp³-hybridized carbons (Fsp3) is 0.154. The minimum absolute atomic E-state index is 0.134. The molecule has 1 aliphatic rings. The van der Waals surface area contributed by atoms with Gasteiger partial charge in [0.05, 0.1) is 18.7 Å². The van der Waals surface area contributed by atoms with Gasteiger partial charge in [-0.1, -0.05) is 66.7 Å². The Hall–Kier alpha value is -3.86. The van der Waals surface area contributed by atoms with Crippen molar-refractivity contribution in [2.75, 3.05) is 12.0 Å². The number of ketones is 1. The van der Waals surface area contributed by atoms with Gasteiger partial charge in [0, 0.05) is 18.2 Å². The lowest BCUT2D eigenvalue weighted by molar-refractivity contribution is -0.118. The zero-order valence-electron chi connectivity index (χ0n) is 17.2. The van der Waals surface area contributed by atoms with E-state index in [0.29, 0.717) is 17.9 Å². The number of rotatable bonds is 7. The molecule has 0 aliphatic carbocycles. The number of aryl methyl sites for hydroxylation is 1. The summed E-state index contributed by atoms with van der Waals surface area (Å²) < 4.78 is 5.30. The Morgan fingerprint density at radius 3 is 2.32 bits per heavy atom. The van der Waals surface area contributed by atoms with E-state index in [4.69, 9.17) is 4.74 Å². The molecule has 1 aliphatic heterocycles. The van der Waals surface area contributed by atoms with Gasteiger partial charge < -0.3 is 9.84 Å². The van der Waals surface area contributed by atoms with Crippen molar-refractivity contribution in [2.45, 2.75) is 18.9 Å². The van der Waals surface area contributed by atoms with E-state index in [1.165, 1.54) is 4.90 Å². The van der Waals surface area contributed by atoms with E-state index in [1.54, 1.807) is 31.4 Å². The minimum atomic E-state index is -0.705. The number of amides is 1. The lowest BCUT2D eigenvalue weighted by atomic mass is 9.93. The van der Waals surface area contributed by atoms with Crippen molar-refractivity contribution in [3.63, 3.8) is 0 Å². The number of nitrogens with zero attached hydrogens (tertiary/aromatic N) is 1. The first-order valence-electron chi connectivity index (χ1n) is 10.1. The van der Waals surface area contributed by atoms with Crippen molar-refractivity contribution in [1.82, 2.24) is 0 Å². The second-order valence-corrected chi connectivity index (χ2v) is 7.36. The minimum Gasteiger partial charge on any atom is -0.503 e. The average molecular weight is 413 g/mol. The molecule has 1 unspecified atom stereocenters. The highest BCUT2D eigenvalue weighted by atomic mass is 16.5. The molecule has 31 heavy (non-hydrogen) atoms. The van der Waals surface area contributed by atoms with Gasteiger partial charge in [-0.2, -0.15) is 0 Å². The van der Waals surface area contributed by atoms with Crippen LogP contribution in [-0.4, -0.2) is 23.9 Å². The summed E-state index contributed by atoms with van der Waals surface area (Å²) in [6.45, 7) is 0. The summed E-state index contributed by atoms with van der Waals surface area (Å²) in [6.07, 6.45) is 0.733. The third-order valence-electron chi connectivity index (χ3n) is 5.44. The molecule has 1 atom stereocenters. The molecule has 156 valence electrons. The van der Waals surface area contributed by atoms with Gasteiger partial charge in [-0.25, -0.2) is 0 Å². The van der Waals surface area contributed by atoms with E-state index >= 15 is 0 Å². The molecule has 3 aromatic carbocycles. The molecular weight excluding hydrogens is 390 g/mol. The van der Waals surface area contributed by atoms with Gasteiger partial charge in [0.1, 0.15) is 5.75 Å². The largest absolute Gasteiger partial charge is 0.503 e. The normalized spacial score (nSPS) is 16.0. The predicted molar refractivity (Wildman–Crippen MR) is 119 cm³/mol. The van der Waals surface area contributed by atoms with E-state index in [2.05, 4.69) is 0 Å². The van der Waals surface area contributed by atoms with Gasteiger partial charge in [-0.05, 0) is 29.7 Å². The number of hydrogen-bond donors (Lipinski definition) is 1. The molecule has 0 spiro atoms. The Kier molecular flexibility index (Phi) is 5.85. The van der Waals surface area contributed by atoms with Gasteiger partial charge in [0.15, 0.2) is 11.5 Å². The topological polar surface area (TPSA) is 66.8 Å². The molecule has 0 aromatic heterocycles. The Balaban J connectivity index is 1.72. The Morgan fingerprint density at radius 1 is 0.968 bits per heavy atom. The molecule has 0 fully saturated rings. The fourth-order valence-corrected chi connectivity index (χ4v) is 3.90. The van der Waals surface area contributed by atoms with Crippen LogP contribution in [-0.2, 0) is 16.0 Å². The van der Waals surface area contributed by atoms with Crippen LogP contribution < -0.4 is 9.64 Å². The van der Waals surface area contributed by atoms with Crippen LogP contribution in [0.15, 0.2) is 96.3 Å². The van der Waals surface area contributed by atoms with Crippen molar-refractivity contribution in [1.29, 1.82) is 0 Å². The lowest BCUT2D eigenvalue weighted by Crippen LogP contribution is -2.31. The van der Waals surface area contributed by atoms with Gasteiger partial charge in [0.2, 0.25) is 0 Å². The SMILES string of the molecule is COc1cccc(N2C(=O)C(O)=C(C(=O)CCc3ccccc3)C2c2ccccc2)c1. The molecule has 0 radical (unpaired) electrons. The van der Waals surface area contributed by atoms with Crippen LogP contribution in [0.3, 0.4) is 0 Å². The Labute approximate surface area is 181 Å². The first-order valence-corrected chi connectivity index (χ1v) is 10.1. The van der Waals surface area contributed by atoms with Gasteiger partial charge in [-0.3, -0.25) is 14.5 Å². The van der Waals surface area contributed by atoms with E-state index in [9.17, 15) is 14.7 Å². The standard InChI is InChI=1S/C26H23NO4/c1-31-21-14-8-13-20(17-21)27-24(19-11-6-3-7-12-19)23(25(29)26(27)30)22(28)16-15-18-9-4-2-5-10-18/h2-14,17,24,29H,15-16H2,1H3. The second kappa shape index (κ2) is 8.88. The molecule has 0 bridgehead atoms. The van der Waals surface area contributed by atoms with Crippen LogP contribution in [0.1, 0.15) is 23.6 Å². The van der Waals surface area contributed by atoms with Crippen molar-refractivity contribution in [2.24, 2.45) is 0 Å². The number of benzene rings is 3. The zero-order valence-corrected chi connectivity index (χ0v) is 17.2. The number of anilines is 1. The predicted octanol–water partition coefficient (Wildman–Crippen LogP) is 4.80. The number of methoxy groups -OCH3 is 1. The first-order chi connectivity index (χ1) is 15.1. The maximum atomic E-state index is 13.2. The van der Waals surface area contributed by atoms with Crippen molar-refractivity contribution >= 4 is 17.4 Å². The molecule has 0 saturated heterocycles. The number of ether oxygens (including phenoxy) is 1. The van der Waals surface area contributed by atoms with Gasteiger partial charge in [-0.15, -0.1) is 0 Å². The highest BCUT2D eigenvalue weighted by molar-refractivity contribution is 6.16. The van der Waals surface area contributed by atoms with Crippen molar-refractivity contribution in [3.05, 3.63) is 107 Å². The summed E-state index contributed by atoms with van der Waals surface area (Å²) in [6, 6.07) is 25.3. The van der Waals surface area contributed by atoms with E-state index in [1.807, 2.05) is 60.7 Å². The summed E-state index contributed by atoms with van der Waals surface area (Å²) in [5.74, 6) is -0.741. The molecule has 5 nitrogen and oxygen atoms in total. The molecular formula is C26H23NO4. The van der Waals surface area contributed by atoms with Crippen molar-refractivity contribution < 1.29 is 19.4 Å². The summed E-state index contributed by atoms with van der Waals surface area (Å²) in [5.41, 5.74) is 2.47. The number of aliphatic hydroxyl groups is 1. The van der Waals surface area contributed by atoms with E-state index in [-0.39, 0.29) is 17.8 Å². The van der Waals surface area contributed by atoms with Gasteiger partial charge in [0.25, 0.3) is 5.91 Å². The molecule has 4 rings (SSSR count). The number of aliphatic hydroxyl groups excluding tert-OH is 1. The summed E-state index contributed by atoms with van der Waals surface area (Å²) in [5, 5.41) is 10.8. The van der Waals surface area contributed by atoms with E-state index < -0.39 is 17.7 Å². The van der Waals surface area contributed by atoms with Crippen LogP contribution in [0, 0.1) is 0 Å². The van der Waals surface area contributed by atoms with Crippen LogP contribution in [0.4, 0.5) is 5.69 Å². The molecule has 1 amide bonds. The third kappa shape index (κ3) is 4.08.